The van der Waals surface area contributed by atoms with Gasteiger partial charge in [0.15, 0.2) is 5.11 Å². The van der Waals surface area contributed by atoms with Crippen LogP contribution in [0.2, 0.25) is 0 Å². The lowest BCUT2D eigenvalue weighted by Gasteiger charge is -2.26. The van der Waals surface area contributed by atoms with E-state index in [9.17, 15) is 0 Å². The van der Waals surface area contributed by atoms with Gasteiger partial charge in [0.05, 0.1) is 6.04 Å². The number of rotatable bonds is 1. The highest BCUT2D eigenvalue weighted by atomic mass is 32.1. The van der Waals surface area contributed by atoms with Crippen molar-refractivity contribution in [3.63, 3.8) is 0 Å². The number of hydrogen-bond acceptors (Lipinski definition) is 1. The summed E-state index contributed by atoms with van der Waals surface area (Å²) in [6, 6.07) is 8.86. The van der Waals surface area contributed by atoms with Crippen molar-refractivity contribution < 1.29 is 0 Å². The summed E-state index contributed by atoms with van der Waals surface area (Å²) in [5.74, 6) is 0. The number of benzene rings is 1. The second-order valence-electron chi connectivity index (χ2n) is 4.05. The molecule has 1 aliphatic heterocycles. The lowest BCUT2D eigenvalue weighted by Crippen LogP contribution is -2.35. The fraction of sp³-hybridized carbons (Fsp3) is 0.417. The molecule has 0 radical (unpaired) electrons. The Morgan fingerprint density at radius 3 is 2.87 bits per heavy atom. The van der Waals surface area contributed by atoms with Gasteiger partial charge in [0.2, 0.25) is 0 Å². The zero-order valence-corrected chi connectivity index (χ0v) is 9.76. The summed E-state index contributed by atoms with van der Waals surface area (Å²) in [5, 5.41) is 0.528. The lowest BCUT2D eigenvalue weighted by atomic mass is 10.00. The van der Waals surface area contributed by atoms with Crippen LogP contribution >= 0.6 is 12.2 Å². The second-order valence-corrected chi connectivity index (χ2v) is 4.46. The van der Waals surface area contributed by atoms with Crippen LogP contribution in [0.4, 0.5) is 0 Å². The molecule has 1 fully saturated rings. The Labute approximate surface area is 96.1 Å². The molecule has 0 aliphatic carbocycles. The van der Waals surface area contributed by atoms with Crippen LogP contribution in [0.5, 0.6) is 0 Å². The molecule has 2 nitrogen and oxygen atoms in total. The summed E-state index contributed by atoms with van der Waals surface area (Å²) in [7, 11) is 0. The van der Waals surface area contributed by atoms with Crippen LogP contribution < -0.4 is 5.73 Å². The summed E-state index contributed by atoms with van der Waals surface area (Å²) in [5.41, 5.74) is 8.42. The summed E-state index contributed by atoms with van der Waals surface area (Å²) in [6.07, 6.45) is 2.33. The van der Waals surface area contributed by atoms with Crippen molar-refractivity contribution >= 4 is 17.3 Å². The highest BCUT2D eigenvalue weighted by Gasteiger charge is 2.27. The quantitative estimate of drug-likeness (QED) is 0.737. The molecule has 2 N–H and O–H groups in total. The molecule has 0 aromatic heterocycles. The van der Waals surface area contributed by atoms with Crippen LogP contribution in [0.3, 0.4) is 0 Å². The minimum Gasteiger partial charge on any atom is -0.376 e. The first-order chi connectivity index (χ1) is 7.20. The Kier molecular flexibility index (Phi) is 2.91. The smallest absolute Gasteiger partial charge is 0.166 e. The normalized spacial score (nSPS) is 20.6. The van der Waals surface area contributed by atoms with Gasteiger partial charge in [0.1, 0.15) is 0 Å². The Balaban J connectivity index is 2.30. The second kappa shape index (κ2) is 4.19. The number of nitrogens with zero attached hydrogens (tertiary/aromatic N) is 1. The van der Waals surface area contributed by atoms with Gasteiger partial charge in [-0.3, -0.25) is 0 Å². The molecule has 1 heterocycles. The van der Waals surface area contributed by atoms with Gasteiger partial charge in [-0.1, -0.05) is 24.3 Å². The van der Waals surface area contributed by atoms with Crippen LogP contribution in [-0.2, 0) is 0 Å². The van der Waals surface area contributed by atoms with E-state index >= 15 is 0 Å². The number of nitrogens with two attached hydrogens (primary N) is 1. The number of hydrogen-bond donors (Lipinski definition) is 1. The third kappa shape index (κ3) is 1.97. The molecule has 1 aliphatic rings. The van der Waals surface area contributed by atoms with Crippen LogP contribution in [0, 0.1) is 6.92 Å². The number of thiocarbonyl (C=S) groups is 1. The van der Waals surface area contributed by atoms with E-state index in [2.05, 4.69) is 36.1 Å². The van der Waals surface area contributed by atoms with E-state index in [1.54, 1.807) is 0 Å². The van der Waals surface area contributed by atoms with Gasteiger partial charge in [0.25, 0.3) is 0 Å². The summed E-state index contributed by atoms with van der Waals surface area (Å²) < 4.78 is 0. The highest BCUT2D eigenvalue weighted by molar-refractivity contribution is 7.80. The van der Waals surface area contributed by atoms with Crippen LogP contribution in [0.15, 0.2) is 24.3 Å². The molecule has 1 saturated heterocycles. The van der Waals surface area contributed by atoms with E-state index in [1.165, 1.54) is 17.5 Å². The van der Waals surface area contributed by atoms with Gasteiger partial charge in [-0.2, -0.15) is 0 Å². The van der Waals surface area contributed by atoms with Gasteiger partial charge in [-0.05, 0) is 43.1 Å². The molecule has 80 valence electrons. The zero-order valence-electron chi connectivity index (χ0n) is 8.94. The molecule has 1 atom stereocenters. The monoisotopic (exact) mass is 220 g/mol. The molecular formula is C12H16N2S. The van der Waals surface area contributed by atoms with E-state index in [0.717, 1.165) is 13.0 Å². The first kappa shape index (κ1) is 10.4. The third-order valence-corrected chi connectivity index (χ3v) is 3.32. The standard InChI is InChI=1S/C12H16N2S/c1-9-5-2-3-6-10(9)11-7-4-8-14(11)12(13)15/h2-3,5-6,11H,4,7-8H2,1H3,(H2,13,15). The van der Waals surface area contributed by atoms with Gasteiger partial charge in [-0.15, -0.1) is 0 Å². The number of aryl methyl sites for hydroxylation is 1. The average molecular weight is 220 g/mol. The summed E-state index contributed by atoms with van der Waals surface area (Å²) in [4.78, 5) is 2.14. The van der Waals surface area contributed by atoms with Crippen molar-refractivity contribution in [2.75, 3.05) is 6.54 Å². The van der Waals surface area contributed by atoms with E-state index in [4.69, 9.17) is 18.0 Å². The maximum absolute atomic E-state index is 5.73. The SMILES string of the molecule is Cc1ccccc1C1CCCN1C(N)=S. The fourth-order valence-electron chi connectivity index (χ4n) is 2.31. The van der Waals surface area contributed by atoms with E-state index in [-0.39, 0.29) is 0 Å². The van der Waals surface area contributed by atoms with Crippen LogP contribution in [0.25, 0.3) is 0 Å². The van der Waals surface area contributed by atoms with Crippen LogP contribution in [-0.4, -0.2) is 16.6 Å². The highest BCUT2D eigenvalue weighted by Crippen LogP contribution is 2.33. The van der Waals surface area contributed by atoms with Gasteiger partial charge in [-0.25, -0.2) is 0 Å². The molecule has 0 bridgehead atoms. The minimum atomic E-state index is 0.392. The largest absolute Gasteiger partial charge is 0.376 e. The Morgan fingerprint density at radius 2 is 2.20 bits per heavy atom. The van der Waals surface area contributed by atoms with Crippen molar-refractivity contribution in [2.24, 2.45) is 5.73 Å². The summed E-state index contributed by atoms with van der Waals surface area (Å²) >= 11 is 5.08. The minimum absolute atomic E-state index is 0.392. The first-order valence-electron chi connectivity index (χ1n) is 5.32. The lowest BCUT2D eigenvalue weighted by molar-refractivity contribution is 0.402. The van der Waals surface area contributed by atoms with E-state index in [0.29, 0.717) is 11.2 Å². The fourth-order valence-corrected chi connectivity index (χ4v) is 2.53. The summed E-state index contributed by atoms with van der Waals surface area (Å²) in [6.45, 7) is 3.14. The van der Waals surface area contributed by atoms with Crippen molar-refractivity contribution in [3.05, 3.63) is 35.4 Å². The third-order valence-electron chi connectivity index (χ3n) is 3.08. The van der Waals surface area contributed by atoms with Crippen molar-refractivity contribution in [1.29, 1.82) is 0 Å². The molecular weight excluding hydrogens is 204 g/mol. The Morgan fingerprint density at radius 1 is 1.47 bits per heavy atom. The average Bonchev–Trinajstić information content (AvgIpc) is 2.67. The maximum Gasteiger partial charge on any atom is 0.166 e. The van der Waals surface area contributed by atoms with E-state index < -0.39 is 0 Å². The predicted octanol–water partition coefficient (Wildman–Crippen LogP) is 2.38. The Hall–Kier alpha value is -1.09. The predicted molar refractivity (Wildman–Crippen MR) is 66.6 cm³/mol. The zero-order chi connectivity index (χ0) is 10.8. The maximum atomic E-state index is 5.73. The molecule has 0 amide bonds. The van der Waals surface area contributed by atoms with Crippen molar-refractivity contribution in [1.82, 2.24) is 4.90 Å². The van der Waals surface area contributed by atoms with Gasteiger partial charge >= 0.3 is 0 Å². The molecule has 2 rings (SSSR count). The molecule has 1 unspecified atom stereocenters. The molecule has 1 aromatic rings. The number of likely N-dealkylation sites (tertiary alicyclic amines) is 1. The molecule has 0 spiro atoms. The van der Waals surface area contributed by atoms with Crippen LogP contribution in [0.1, 0.15) is 30.0 Å². The van der Waals surface area contributed by atoms with Gasteiger partial charge in [0, 0.05) is 6.54 Å². The first-order valence-corrected chi connectivity index (χ1v) is 5.72. The van der Waals surface area contributed by atoms with Crippen molar-refractivity contribution in [3.8, 4) is 0 Å². The topological polar surface area (TPSA) is 29.3 Å². The molecule has 1 aromatic carbocycles. The van der Waals surface area contributed by atoms with Gasteiger partial charge < -0.3 is 10.6 Å². The Bertz CT molecular complexity index is 376. The molecule has 15 heavy (non-hydrogen) atoms. The van der Waals surface area contributed by atoms with E-state index in [1.807, 2.05) is 0 Å². The molecule has 3 heteroatoms. The molecule has 0 saturated carbocycles. The van der Waals surface area contributed by atoms with Crippen molar-refractivity contribution in [2.45, 2.75) is 25.8 Å².